The minimum atomic E-state index is -0.252. The van der Waals surface area contributed by atoms with Crippen molar-refractivity contribution in [2.75, 3.05) is 10.6 Å². The van der Waals surface area contributed by atoms with Crippen molar-refractivity contribution < 1.29 is 9.59 Å². The fourth-order valence-corrected chi connectivity index (χ4v) is 2.48. The van der Waals surface area contributed by atoms with Gasteiger partial charge in [0.2, 0.25) is 5.91 Å². The lowest BCUT2D eigenvalue weighted by Crippen LogP contribution is -2.13. The number of hydrogen-bond donors (Lipinski definition) is 2. The number of nitrogens with one attached hydrogen (secondary N) is 2. The van der Waals surface area contributed by atoms with Gasteiger partial charge in [0.1, 0.15) is 0 Å². The van der Waals surface area contributed by atoms with Crippen molar-refractivity contribution in [3.63, 3.8) is 0 Å². The van der Waals surface area contributed by atoms with Crippen LogP contribution in [0.25, 0.3) is 10.9 Å². The molecule has 5 nitrogen and oxygen atoms in total. The van der Waals surface area contributed by atoms with Gasteiger partial charge in [-0.1, -0.05) is 24.3 Å². The number of benzene rings is 2. The first-order valence-corrected chi connectivity index (χ1v) is 7.58. The summed E-state index contributed by atoms with van der Waals surface area (Å²) in [6, 6.07) is 16.4. The molecule has 3 aromatic rings. The summed E-state index contributed by atoms with van der Waals surface area (Å²) in [5.74, 6) is -0.431. The van der Waals surface area contributed by atoms with Crippen molar-refractivity contribution in [1.29, 1.82) is 0 Å². The summed E-state index contributed by atoms with van der Waals surface area (Å²) in [5.41, 5.74) is 3.35. The summed E-state index contributed by atoms with van der Waals surface area (Å²) < 4.78 is 0. The first-order valence-electron chi connectivity index (χ1n) is 7.58. The molecule has 2 N–H and O–H groups in total. The fourth-order valence-electron chi connectivity index (χ4n) is 2.48. The van der Waals surface area contributed by atoms with Crippen molar-refractivity contribution in [2.45, 2.75) is 13.8 Å². The first kappa shape index (κ1) is 15.7. The molecule has 5 heteroatoms. The highest BCUT2D eigenvalue weighted by atomic mass is 16.2. The first-order chi connectivity index (χ1) is 11.5. The molecule has 0 unspecified atom stereocenters. The smallest absolute Gasteiger partial charge is 0.255 e. The Hall–Kier alpha value is -3.21. The number of para-hydroxylation sites is 1. The van der Waals surface area contributed by atoms with Crippen molar-refractivity contribution in [3.05, 3.63) is 65.9 Å². The van der Waals surface area contributed by atoms with E-state index in [2.05, 4.69) is 15.6 Å². The SMILES string of the molecule is CC(=O)Nc1cccc(C(=O)Nc2cccc3ccc(C)nc23)c1. The zero-order chi connectivity index (χ0) is 17.1. The maximum atomic E-state index is 12.5. The van der Waals surface area contributed by atoms with Crippen LogP contribution in [-0.2, 0) is 4.79 Å². The number of pyridine rings is 1. The molecular weight excluding hydrogens is 302 g/mol. The molecule has 0 radical (unpaired) electrons. The lowest BCUT2D eigenvalue weighted by atomic mass is 10.1. The van der Waals surface area contributed by atoms with Crippen LogP contribution in [0.5, 0.6) is 0 Å². The molecule has 2 amide bonds. The largest absolute Gasteiger partial charge is 0.326 e. The van der Waals surface area contributed by atoms with Crippen LogP contribution in [0.15, 0.2) is 54.6 Å². The Labute approximate surface area is 139 Å². The lowest BCUT2D eigenvalue weighted by Gasteiger charge is -2.10. The van der Waals surface area contributed by atoms with Crippen molar-refractivity contribution in [1.82, 2.24) is 4.98 Å². The summed E-state index contributed by atoms with van der Waals surface area (Å²) >= 11 is 0. The van der Waals surface area contributed by atoms with E-state index in [9.17, 15) is 9.59 Å². The van der Waals surface area contributed by atoms with Gasteiger partial charge in [0.25, 0.3) is 5.91 Å². The van der Waals surface area contributed by atoms with Crippen LogP contribution in [0.3, 0.4) is 0 Å². The maximum Gasteiger partial charge on any atom is 0.255 e. The van der Waals surface area contributed by atoms with Crippen LogP contribution in [0, 0.1) is 6.92 Å². The molecule has 0 spiro atoms. The Morgan fingerprint density at radius 3 is 2.54 bits per heavy atom. The van der Waals surface area contributed by atoms with Crippen LogP contribution in [0.2, 0.25) is 0 Å². The number of fused-ring (bicyclic) bond motifs is 1. The summed E-state index contributed by atoms with van der Waals surface area (Å²) in [5, 5.41) is 6.53. The Morgan fingerprint density at radius 2 is 1.75 bits per heavy atom. The van der Waals surface area contributed by atoms with E-state index in [1.807, 2.05) is 37.3 Å². The highest BCUT2D eigenvalue weighted by molar-refractivity contribution is 6.09. The number of anilines is 2. The van der Waals surface area contributed by atoms with Crippen molar-refractivity contribution in [2.24, 2.45) is 0 Å². The molecule has 120 valence electrons. The monoisotopic (exact) mass is 319 g/mol. The summed E-state index contributed by atoms with van der Waals surface area (Å²) in [6.45, 7) is 3.34. The standard InChI is InChI=1S/C19H17N3O2/c1-12-9-10-14-5-4-8-17(18(14)20-12)22-19(24)15-6-3-7-16(11-15)21-13(2)23/h3-11H,1-2H3,(H,21,23)(H,22,24). The molecule has 0 fully saturated rings. The molecule has 1 heterocycles. The van der Waals surface area contributed by atoms with Gasteiger partial charge in [0.15, 0.2) is 0 Å². The van der Waals surface area contributed by atoms with Crippen molar-refractivity contribution >= 4 is 34.1 Å². The van der Waals surface area contributed by atoms with Gasteiger partial charge in [-0.05, 0) is 37.3 Å². The predicted octanol–water partition coefficient (Wildman–Crippen LogP) is 3.75. The number of aryl methyl sites for hydroxylation is 1. The molecule has 0 bridgehead atoms. The minimum absolute atomic E-state index is 0.179. The van der Waals surface area contributed by atoms with Crippen LogP contribution in [0.1, 0.15) is 23.0 Å². The maximum absolute atomic E-state index is 12.5. The second kappa shape index (κ2) is 6.50. The fraction of sp³-hybridized carbons (Fsp3) is 0.105. The van der Waals surface area contributed by atoms with E-state index in [-0.39, 0.29) is 11.8 Å². The minimum Gasteiger partial charge on any atom is -0.326 e. The topological polar surface area (TPSA) is 71.1 Å². The summed E-state index contributed by atoms with van der Waals surface area (Å²) in [4.78, 5) is 28.2. The molecule has 0 aliphatic heterocycles. The van der Waals surface area contributed by atoms with Crippen LogP contribution >= 0.6 is 0 Å². The molecule has 1 aromatic heterocycles. The second-order valence-corrected chi connectivity index (χ2v) is 5.55. The Kier molecular flexibility index (Phi) is 4.24. The van der Waals surface area contributed by atoms with Gasteiger partial charge in [-0.15, -0.1) is 0 Å². The van der Waals surface area contributed by atoms with Gasteiger partial charge in [-0.2, -0.15) is 0 Å². The van der Waals surface area contributed by atoms with Gasteiger partial charge < -0.3 is 10.6 Å². The van der Waals surface area contributed by atoms with E-state index in [0.29, 0.717) is 16.9 Å². The van der Waals surface area contributed by atoms with E-state index in [1.165, 1.54) is 6.92 Å². The van der Waals surface area contributed by atoms with Crippen LogP contribution in [0.4, 0.5) is 11.4 Å². The molecule has 0 saturated carbocycles. The number of aromatic nitrogens is 1. The number of carbonyl (C=O) groups is 2. The van der Waals surface area contributed by atoms with Gasteiger partial charge in [0, 0.05) is 29.3 Å². The van der Waals surface area contributed by atoms with Gasteiger partial charge in [-0.25, -0.2) is 0 Å². The molecule has 0 aliphatic carbocycles. The number of hydrogen-bond acceptors (Lipinski definition) is 3. The molecule has 24 heavy (non-hydrogen) atoms. The van der Waals surface area contributed by atoms with Gasteiger partial charge >= 0.3 is 0 Å². The highest BCUT2D eigenvalue weighted by Gasteiger charge is 2.10. The Bertz CT molecular complexity index is 935. The quantitative estimate of drug-likeness (QED) is 0.772. The molecule has 0 saturated heterocycles. The lowest BCUT2D eigenvalue weighted by molar-refractivity contribution is -0.114. The molecule has 0 atom stereocenters. The van der Waals surface area contributed by atoms with Gasteiger partial charge in [0.05, 0.1) is 11.2 Å². The highest BCUT2D eigenvalue weighted by Crippen LogP contribution is 2.22. The number of carbonyl (C=O) groups excluding carboxylic acids is 2. The van der Waals surface area contributed by atoms with E-state index >= 15 is 0 Å². The third-order valence-electron chi connectivity index (χ3n) is 3.55. The van der Waals surface area contributed by atoms with Crippen LogP contribution < -0.4 is 10.6 Å². The molecule has 3 rings (SSSR count). The zero-order valence-electron chi connectivity index (χ0n) is 13.5. The number of nitrogens with zero attached hydrogens (tertiary/aromatic N) is 1. The van der Waals surface area contributed by atoms with E-state index in [4.69, 9.17) is 0 Å². The molecular formula is C19H17N3O2. The predicted molar refractivity (Wildman–Crippen MR) is 95.2 cm³/mol. The number of rotatable bonds is 3. The summed E-state index contributed by atoms with van der Waals surface area (Å²) in [7, 11) is 0. The van der Waals surface area contributed by atoms with E-state index < -0.39 is 0 Å². The van der Waals surface area contributed by atoms with Gasteiger partial charge in [-0.3, -0.25) is 14.6 Å². The second-order valence-electron chi connectivity index (χ2n) is 5.55. The van der Waals surface area contributed by atoms with E-state index in [0.717, 1.165) is 16.6 Å². The molecule has 2 aromatic carbocycles. The third-order valence-corrected chi connectivity index (χ3v) is 3.55. The Morgan fingerprint density at radius 1 is 0.958 bits per heavy atom. The average Bonchev–Trinajstić information content (AvgIpc) is 2.55. The zero-order valence-corrected chi connectivity index (χ0v) is 13.5. The third kappa shape index (κ3) is 3.41. The van der Waals surface area contributed by atoms with Crippen molar-refractivity contribution in [3.8, 4) is 0 Å². The molecule has 0 aliphatic rings. The Balaban J connectivity index is 1.90. The average molecular weight is 319 g/mol. The normalized spacial score (nSPS) is 10.4. The summed E-state index contributed by atoms with van der Waals surface area (Å²) in [6.07, 6.45) is 0. The van der Waals surface area contributed by atoms with E-state index in [1.54, 1.807) is 24.3 Å². The van der Waals surface area contributed by atoms with Crippen LogP contribution in [-0.4, -0.2) is 16.8 Å². The number of amides is 2.